The lowest BCUT2D eigenvalue weighted by atomic mass is 10.1. The van der Waals surface area contributed by atoms with E-state index < -0.39 is 17.5 Å². The second-order valence-corrected chi connectivity index (χ2v) is 4.99. The van der Waals surface area contributed by atoms with Crippen LogP contribution in [-0.4, -0.2) is 0 Å². The first-order valence-corrected chi connectivity index (χ1v) is 6.90. The van der Waals surface area contributed by atoms with Crippen molar-refractivity contribution in [2.24, 2.45) is 0 Å². The number of hydrogen-bond acceptors (Lipinski definition) is 0. The van der Waals surface area contributed by atoms with Gasteiger partial charge in [-0.1, -0.05) is 42.7 Å². The number of rotatable bonds is 1. The summed E-state index contributed by atoms with van der Waals surface area (Å²) < 4.78 is 40.7. The summed E-state index contributed by atoms with van der Waals surface area (Å²) >= 11 is 0. The molecule has 3 rings (SSSR count). The number of hydrogen-bond donors (Lipinski definition) is 0. The zero-order valence-electron chi connectivity index (χ0n) is 12.0. The zero-order chi connectivity index (χ0) is 16.4. The molecule has 0 unspecified atom stereocenters. The fourth-order valence-electron chi connectivity index (χ4n) is 2.24. The minimum Gasteiger partial charge on any atom is -0.206 e. The molecule has 3 aromatic carbocycles. The lowest BCUT2D eigenvalue weighted by Gasteiger charge is -2.01. The lowest BCUT2D eigenvalue weighted by molar-refractivity contribution is 0.517. The monoisotopic (exact) mass is 308 g/mol. The van der Waals surface area contributed by atoms with E-state index in [1.165, 1.54) is 18.2 Å². The van der Waals surface area contributed by atoms with Gasteiger partial charge in [0.15, 0.2) is 11.6 Å². The van der Waals surface area contributed by atoms with Crippen molar-refractivity contribution < 1.29 is 13.2 Å². The van der Waals surface area contributed by atoms with E-state index in [1.54, 1.807) is 30.3 Å². The second-order valence-electron chi connectivity index (χ2n) is 4.99. The van der Waals surface area contributed by atoms with Gasteiger partial charge in [-0.25, -0.2) is 13.2 Å². The number of benzene rings is 3. The largest absolute Gasteiger partial charge is 0.206 e. The van der Waals surface area contributed by atoms with Crippen molar-refractivity contribution in [3.63, 3.8) is 0 Å². The molecule has 0 aromatic heterocycles. The van der Waals surface area contributed by atoms with Gasteiger partial charge in [-0.2, -0.15) is 0 Å². The van der Waals surface area contributed by atoms with Gasteiger partial charge < -0.3 is 0 Å². The molecule has 0 radical (unpaired) electrons. The van der Waals surface area contributed by atoms with Crippen LogP contribution in [0, 0.1) is 29.3 Å². The normalized spacial score (nSPS) is 10.2. The molecule has 0 heterocycles. The Morgan fingerprint density at radius 1 is 0.826 bits per heavy atom. The molecular weight excluding hydrogens is 297 g/mol. The van der Waals surface area contributed by atoms with Crippen LogP contribution in [0.5, 0.6) is 0 Å². The lowest BCUT2D eigenvalue weighted by Crippen LogP contribution is -1.87. The molecule has 0 atom stereocenters. The average Bonchev–Trinajstić information content (AvgIpc) is 2.57. The van der Waals surface area contributed by atoms with E-state index in [2.05, 4.69) is 18.4 Å². The van der Waals surface area contributed by atoms with Gasteiger partial charge in [0.05, 0.1) is 5.56 Å². The summed E-state index contributed by atoms with van der Waals surface area (Å²) in [6.45, 7) is 3.58. The predicted molar refractivity (Wildman–Crippen MR) is 86.3 cm³/mol. The minimum atomic E-state index is -0.888. The molecule has 0 fully saturated rings. The van der Waals surface area contributed by atoms with Crippen LogP contribution < -0.4 is 0 Å². The van der Waals surface area contributed by atoms with Crippen LogP contribution >= 0.6 is 0 Å². The maximum Gasteiger partial charge on any atom is 0.166 e. The first-order valence-electron chi connectivity index (χ1n) is 6.90. The van der Waals surface area contributed by atoms with E-state index in [4.69, 9.17) is 0 Å². The Hall–Kier alpha value is -2.99. The van der Waals surface area contributed by atoms with E-state index >= 15 is 0 Å². The molecule has 0 amide bonds. The number of fused-ring (bicyclic) bond motifs is 1. The van der Waals surface area contributed by atoms with Gasteiger partial charge in [0.1, 0.15) is 5.82 Å². The van der Waals surface area contributed by atoms with E-state index in [-0.39, 0.29) is 10.9 Å². The van der Waals surface area contributed by atoms with Crippen molar-refractivity contribution in [2.75, 3.05) is 0 Å². The Kier molecular flexibility index (Phi) is 3.91. The smallest absolute Gasteiger partial charge is 0.166 e. The van der Waals surface area contributed by atoms with Gasteiger partial charge in [0.2, 0.25) is 0 Å². The topological polar surface area (TPSA) is 0 Å². The van der Waals surface area contributed by atoms with Crippen LogP contribution in [0.1, 0.15) is 16.7 Å². The Morgan fingerprint density at radius 2 is 1.65 bits per heavy atom. The molecule has 0 saturated carbocycles. The molecule has 0 aliphatic heterocycles. The molecule has 0 spiro atoms. The van der Waals surface area contributed by atoms with Gasteiger partial charge in [-0.15, -0.1) is 0 Å². The van der Waals surface area contributed by atoms with Crippen molar-refractivity contribution >= 4 is 16.8 Å². The van der Waals surface area contributed by atoms with Crippen LogP contribution in [0.2, 0.25) is 0 Å². The Bertz CT molecular complexity index is 975. The third-order valence-electron chi connectivity index (χ3n) is 3.48. The molecule has 0 bridgehead atoms. The molecule has 0 aliphatic carbocycles. The summed E-state index contributed by atoms with van der Waals surface area (Å²) in [5, 5.41) is 0.732. The van der Waals surface area contributed by atoms with Crippen molar-refractivity contribution in [3.05, 3.63) is 89.3 Å². The van der Waals surface area contributed by atoms with E-state index in [0.717, 1.165) is 6.07 Å². The van der Waals surface area contributed by atoms with Crippen LogP contribution in [0.4, 0.5) is 13.2 Å². The van der Waals surface area contributed by atoms with Crippen molar-refractivity contribution in [3.8, 4) is 11.8 Å². The molecule has 0 aliphatic rings. The van der Waals surface area contributed by atoms with E-state index in [0.29, 0.717) is 16.5 Å². The third kappa shape index (κ3) is 2.97. The highest BCUT2D eigenvalue weighted by Crippen LogP contribution is 2.21. The zero-order valence-corrected chi connectivity index (χ0v) is 12.0. The minimum absolute atomic E-state index is 0.192. The molecular formula is C20H11F3. The standard InChI is InChI=1S/C20H11F3/c1-2-13-3-6-15(19(22)12-13)7-4-14-5-9-17-16(11-14)8-10-18(21)20(17)23/h2-3,5-6,8-12H,1H2. The Balaban J connectivity index is 2.00. The Labute approximate surface area is 131 Å². The van der Waals surface area contributed by atoms with E-state index in [9.17, 15) is 13.2 Å². The first-order chi connectivity index (χ1) is 11.1. The summed E-state index contributed by atoms with van der Waals surface area (Å²) in [6.07, 6.45) is 1.55. The van der Waals surface area contributed by atoms with Crippen molar-refractivity contribution in [2.45, 2.75) is 0 Å². The van der Waals surface area contributed by atoms with Crippen LogP contribution in [0.25, 0.3) is 16.8 Å². The SMILES string of the molecule is C=Cc1ccc(C#Cc2ccc3c(F)c(F)ccc3c2)c(F)c1. The summed E-state index contributed by atoms with van der Waals surface area (Å²) in [7, 11) is 0. The maximum absolute atomic E-state index is 13.8. The molecule has 0 saturated heterocycles. The van der Waals surface area contributed by atoms with Crippen LogP contribution in [0.15, 0.2) is 55.1 Å². The fraction of sp³-hybridized carbons (Fsp3) is 0. The van der Waals surface area contributed by atoms with Crippen LogP contribution in [-0.2, 0) is 0 Å². The highest BCUT2D eigenvalue weighted by atomic mass is 19.2. The molecule has 3 aromatic rings. The maximum atomic E-state index is 13.8. The quantitative estimate of drug-likeness (QED) is 0.535. The molecule has 112 valence electrons. The molecule has 3 heteroatoms. The summed E-state index contributed by atoms with van der Waals surface area (Å²) in [5.74, 6) is 3.38. The highest BCUT2D eigenvalue weighted by Gasteiger charge is 2.06. The first kappa shape index (κ1) is 14.9. The van der Waals surface area contributed by atoms with Gasteiger partial charge in [-0.05, 0) is 41.3 Å². The van der Waals surface area contributed by atoms with Crippen molar-refractivity contribution in [1.29, 1.82) is 0 Å². The fourth-order valence-corrected chi connectivity index (χ4v) is 2.24. The predicted octanol–water partition coefficient (Wildman–Crippen LogP) is 5.30. The average molecular weight is 308 g/mol. The summed E-state index contributed by atoms with van der Waals surface area (Å²) in [4.78, 5) is 0. The summed E-state index contributed by atoms with van der Waals surface area (Å²) in [5.41, 5.74) is 1.54. The molecule has 23 heavy (non-hydrogen) atoms. The summed E-state index contributed by atoms with van der Waals surface area (Å²) in [6, 6.07) is 11.9. The molecule has 0 N–H and O–H groups in total. The van der Waals surface area contributed by atoms with Crippen LogP contribution in [0.3, 0.4) is 0 Å². The third-order valence-corrected chi connectivity index (χ3v) is 3.48. The highest BCUT2D eigenvalue weighted by molar-refractivity contribution is 5.84. The van der Waals surface area contributed by atoms with Crippen molar-refractivity contribution in [1.82, 2.24) is 0 Å². The van der Waals surface area contributed by atoms with Gasteiger partial charge >= 0.3 is 0 Å². The second kappa shape index (κ2) is 6.02. The number of halogens is 3. The van der Waals surface area contributed by atoms with Gasteiger partial charge in [0, 0.05) is 10.9 Å². The Morgan fingerprint density at radius 3 is 2.39 bits per heavy atom. The van der Waals surface area contributed by atoms with Gasteiger partial charge in [-0.3, -0.25) is 0 Å². The van der Waals surface area contributed by atoms with Gasteiger partial charge in [0.25, 0.3) is 0 Å². The molecule has 0 nitrogen and oxygen atoms in total. The van der Waals surface area contributed by atoms with E-state index in [1.807, 2.05) is 0 Å².